The van der Waals surface area contributed by atoms with Gasteiger partial charge in [-0.3, -0.25) is 9.59 Å². The van der Waals surface area contributed by atoms with Crippen LogP contribution in [-0.2, 0) is 4.79 Å². The van der Waals surface area contributed by atoms with E-state index in [1.165, 1.54) is 4.90 Å². The molecule has 1 heterocycles. The van der Waals surface area contributed by atoms with E-state index in [-0.39, 0.29) is 17.7 Å². The second-order valence-corrected chi connectivity index (χ2v) is 8.73. The zero-order valence-corrected chi connectivity index (χ0v) is 19.4. The average Bonchev–Trinajstić information content (AvgIpc) is 3.26. The number of rotatable bonds is 12. The van der Waals surface area contributed by atoms with Gasteiger partial charge in [0.15, 0.2) is 0 Å². The van der Waals surface area contributed by atoms with Crippen LogP contribution in [0.25, 0.3) is 0 Å². The van der Waals surface area contributed by atoms with Crippen LogP contribution in [-0.4, -0.2) is 52.1 Å². The average molecular weight is 418 g/mol. The molecule has 0 aliphatic carbocycles. The van der Waals surface area contributed by atoms with E-state index in [0.29, 0.717) is 17.8 Å². The van der Waals surface area contributed by atoms with Crippen molar-refractivity contribution in [1.82, 2.24) is 5.32 Å². The van der Waals surface area contributed by atoms with Crippen LogP contribution < -0.4 is 20.4 Å². The Labute approximate surface area is 182 Å². The standard InChI is InChI=1S/C24H40N4O2/c1-5-7-11-19(6-2)23(29)26-20-12-13-22(28-16-8-9-17-28)21(18-20)24(30)25-14-10-15-27(3)4/h12-13,18-19H,5-11,14-17H2,1-4H3,(H,25,30)(H,26,29)/p+1/t19-/m0/s1. The summed E-state index contributed by atoms with van der Waals surface area (Å²) in [6.07, 6.45) is 7.14. The molecule has 0 spiro atoms. The molecule has 1 aromatic carbocycles. The van der Waals surface area contributed by atoms with Crippen LogP contribution in [0, 0.1) is 5.92 Å². The minimum atomic E-state index is -0.0558. The van der Waals surface area contributed by atoms with Crippen molar-refractivity contribution in [3.63, 3.8) is 0 Å². The van der Waals surface area contributed by atoms with E-state index < -0.39 is 0 Å². The van der Waals surface area contributed by atoms with Crippen molar-refractivity contribution < 1.29 is 14.5 Å². The summed E-state index contributed by atoms with van der Waals surface area (Å²) in [7, 11) is 4.23. The molecule has 6 nitrogen and oxygen atoms in total. The molecule has 2 rings (SSSR count). The Bertz CT molecular complexity index is 684. The van der Waals surface area contributed by atoms with Gasteiger partial charge < -0.3 is 20.4 Å². The highest BCUT2D eigenvalue weighted by atomic mass is 16.2. The molecule has 2 amide bonds. The molecule has 1 aliphatic rings. The smallest absolute Gasteiger partial charge is 0.253 e. The van der Waals surface area contributed by atoms with Crippen LogP contribution in [0.2, 0.25) is 0 Å². The first kappa shape index (κ1) is 24.2. The number of carbonyl (C=O) groups excluding carboxylic acids is 2. The Kier molecular flexibility index (Phi) is 10.1. The van der Waals surface area contributed by atoms with Gasteiger partial charge in [-0.2, -0.15) is 0 Å². The molecule has 1 fully saturated rings. The number of nitrogens with one attached hydrogen (secondary N) is 3. The van der Waals surface area contributed by atoms with Crippen molar-refractivity contribution in [2.75, 3.05) is 50.5 Å². The fraction of sp³-hybridized carbons (Fsp3) is 0.667. The van der Waals surface area contributed by atoms with Crippen LogP contribution in [0.15, 0.2) is 18.2 Å². The number of hydrogen-bond acceptors (Lipinski definition) is 3. The third kappa shape index (κ3) is 7.31. The SMILES string of the molecule is CCCC[C@H](CC)C(=O)Nc1ccc(N2CCCC2)c(C(=O)NCCC[NH+](C)C)c1. The monoisotopic (exact) mass is 417 g/mol. The predicted octanol–water partition coefficient (Wildman–Crippen LogP) is 2.71. The minimum absolute atomic E-state index is 0.0222. The fourth-order valence-corrected chi connectivity index (χ4v) is 3.98. The molecule has 30 heavy (non-hydrogen) atoms. The maximum atomic E-state index is 13.0. The normalized spacial score (nSPS) is 14.8. The molecule has 0 radical (unpaired) electrons. The summed E-state index contributed by atoms with van der Waals surface area (Å²) in [5.41, 5.74) is 2.34. The molecule has 0 unspecified atom stereocenters. The van der Waals surface area contributed by atoms with Crippen molar-refractivity contribution in [3.05, 3.63) is 23.8 Å². The number of carbonyl (C=O) groups is 2. The van der Waals surface area contributed by atoms with Gasteiger partial charge in [0.05, 0.1) is 26.2 Å². The molecule has 1 atom stereocenters. The zero-order valence-electron chi connectivity index (χ0n) is 19.4. The minimum Gasteiger partial charge on any atom is -0.371 e. The van der Waals surface area contributed by atoms with Crippen molar-refractivity contribution in [2.45, 2.75) is 58.8 Å². The van der Waals surface area contributed by atoms with Gasteiger partial charge >= 0.3 is 0 Å². The highest BCUT2D eigenvalue weighted by Crippen LogP contribution is 2.28. The Balaban J connectivity index is 2.13. The molecular weight excluding hydrogens is 376 g/mol. The van der Waals surface area contributed by atoms with E-state index in [2.05, 4.69) is 43.5 Å². The Morgan fingerprint density at radius 3 is 2.50 bits per heavy atom. The summed E-state index contributed by atoms with van der Waals surface area (Å²) in [5.74, 6) is 0.0222. The quantitative estimate of drug-likeness (QED) is 0.458. The number of quaternary nitrogens is 1. The molecular formula is C24H41N4O2+. The Morgan fingerprint density at radius 1 is 1.13 bits per heavy atom. The fourth-order valence-electron chi connectivity index (χ4n) is 3.98. The summed E-state index contributed by atoms with van der Waals surface area (Å²) in [4.78, 5) is 29.4. The number of nitrogens with zero attached hydrogens (tertiary/aromatic N) is 1. The summed E-state index contributed by atoms with van der Waals surface area (Å²) in [5, 5.41) is 6.13. The van der Waals surface area contributed by atoms with Crippen LogP contribution in [0.3, 0.4) is 0 Å². The number of benzene rings is 1. The van der Waals surface area contributed by atoms with E-state index in [9.17, 15) is 9.59 Å². The summed E-state index contributed by atoms with van der Waals surface area (Å²) in [6.45, 7) is 7.84. The van der Waals surface area contributed by atoms with Gasteiger partial charge in [0.1, 0.15) is 0 Å². The van der Waals surface area contributed by atoms with E-state index in [1.54, 1.807) is 0 Å². The van der Waals surface area contributed by atoms with E-state index in [0.717, 1.165) is 70.3 Å². The molecule has 1 saturated heterocycles. The predicted molar refractivity (Wildman–Crippen MR) is 124 cm³/mol. The van der Waals surface area contributed by atoms with Crippen molar-refractivity contribution in [3.8, 4) is 0 Å². The molecule has 0 aromatic heterocycles. The van der Waals surface area contributed by atoms with Gasteiger partial charge in [-0.05, 0) is 43.9 Å². The molecule has 1 aliphatic heterocycles. The van der Waals surface area contributed by atoms with Crippen molar-refractivity contribution in [1.29, 1.82) is 0 Å². The first-order valence-corrected chi connectivity index (χ1v) is 11.7. The number of unbranched alkanes of at least 4 members (excludes halogenated alkanes) is 1. The van der Waals surface area contributed by atoms with Gasteiger partial charge in [0.2, 0.25) is 5.91 Å². The van der Waals surface area contributed by atoms with Gasteiger partial charge in [-0.15, -0.1) is 0 Å². The lowest BCUT2D eigenvalue weighted by Gasteiger charge is -2.22. The molecule has 0 saturated carbocycles. The second-order valence-electron chi connectivity index (χ2n) is 8.73. The lowest BCUT2D eigenvalue weighted by molar-refractivity contribution is -0.858. The maximum absolute atomic E-state index is 13.0. The molecule has 0 bridgehead atoms. The third-order valence-corrected chi connectivity index (χ3v) is 5.86. The Morgan fingerprint density at radius 2 is 1.87 bits per heavy atom. The first-order valence-electron chi connectivity index (χ1n) is 11.7. The van der Waals surface area contributed by atoms with Crippen LogP contribution in [0.5, 0.6) is 0 Å². The summed E-state index contributed by atoms with van der Waals surface area (Å²) < 4.78 is 0. The highest BCUT2D eigenvalue weighted by Gasteiger charge is 2.21. The molecule has 6 heteroatoms. The first-order chi connectivity index (χ1) is 14.5. The lowest BCUT2D eigenvalue weighted by Crippen LogP contribution is -3.05. The molecule has 168 valence electrons. The van der Waals surface area contributed by atoms with E-state index >= 15 is 0 Å². The van der Waals surface area contributed by atoms with Gasteiger partial charge in [0.25, 0.3) is 5.91 Å². The zero-order chi connectivity index (χ0) is 21.9. The van der Waals surface area contributed by atoms with E-state index in [1.807, 2.05) is 18.2 Å². The van der Waals surface area contributed by atoms with Gasteiger partial charge in [-0.1, -0.05) is 26.7 Å². The van der Waals surface area contributed by atoms with Gasteiger partial charge in [-0.25, -0.2) is 0 Å². The summed E-state index contributed by atoms with van der Waals surface area (Å²) in [6, 6.07) is 5.78. The van der Waals surface area contributed by atoms with Crippen LogP contribution in [0.4, 0.5) is 11.4 Å². The van der Waals surface area contributed by atoms with Gasteiger partial charge in [0, 0.05) is 43.3 Å². The Hall–Kier alpha value is -2.08. The largest absolute Gasteiger partial charge is 0.371 e. The molecule has 1 aromatic rings. The topological polar surface area (TPSA) is 65.9 Å². The summed E-state index contributed by atoms with van der Waals surface area (Å²) >= 11 is 0. The van der Waals surface area contributed by atoms with Crippen LogP contribution in [0.1, 0.15) is 69.2 Å². The second kappa shape index (κ2) is 12.6. The lowest BCUT2D eigenvalue weighted by atomic mass is 9.98. The number of hydrogen-bond donors (Lipinski definition) is 3. The van der Waals surface area contributed by atoms with Crippen molar-refractivity contribution >= 4 is 23.2 Å². The van der Waals surface area contributed by atoms with Crippen molar-refractivity contribution in [2.24, 2.45) is 5.92 Å². The maximum Gasteiger partial charge on any atom is 0.253 e. The van der Waals surface area contributed by atoms with E-state index in [4.69, 9.17) is 0 Å². The third-order valence-electron chi connectivity index (χ3n) is 5.86. The number of anilines is 2. The highest BCUT2D eigenvalue weighted by molar-refractivity contribution is 6.02. The molecule has 3 N–H and O–H groups in total. The number of amides is 2. The van der Waals surface area contributed by atoms with Crippen LogP contribution >= 0.6 is 0 Å².